The van der Waals surface area contributed by atoms with Crippen molar-refractivity contribution in [2.45, 2.75) is 40.2 Å². The van der Waals surface area contributed by atoms with Crippen LogP contribution in [0.25, 0.3) is 0 Å². The van der Waals surface area contributed by atoms with Gasteiger partial charge < -0.3 is 4.74 Å². The summed E-state index contributed by atoms with van der Waals surface area (Å²) >= 11 is 5.61. The average molecular weight is 301 g/mol. The summed E-state index contributed by atoms with van der Waals surface area (Å²) in [6.45, 7) is 7.20. The predicted molar refractivity (Wildman–Crippen MR) is 70.8 cm³/mol. The molecule has 0 aromatic heterocycles. The van der Waals surface area contributed by atoms with E-state index in [0.29, 0.717) is 12.3 Å². The average Bonchev–Trinajstić information content (AvgIpc) is 2.12. The van der Waals surface area contributed by atoms with Crippen LogP contribution in [0.3, 0.4) is 0 Å². The summed E-state index contributed by atoms with van der Waals surface area (Å²) in [6.07, 6.45) is -0.714. The highest BCUT2D eigenvalue weighted by atomic mass is 35.5. The minimum Gasteiger partial charge on any atom is -0.446 e. The molecule has 0 spiro atoms. The van der Waals surface area contributed by atoms with Gasteiger partial charge in [-0.1, -0.05) is 13.8 Å². The number of rotatable bonds is 7. The van der Waals surface area contributed by atoms with E-state index in [2.05, 4.69) is 9.46 Å². The van der Waals surface area contributed by atoms with Gasteiger partial charge in [0.2, 0.25) is 0 Å². The highest BCUT2D eigenvalue weighted by molar-refractivity contribution is 7.88. The molecule has 2 N–H and O–H groups in total. The monoisotopic (exact) mass is 300 g/mol. The molecule has 0 rings (SSSR count). The van der Waals surface area contributed by atoms with Gasteiger partial charge in [0, 0.05) is 12.4 Å². The fourth-order valence-electron chi connectivity index (χ4n) is 1.02. The second-order valence-corrected chi connectivity index (χ2v) is 6.86. The fourth-order valence-corrected chi connectivity index (χ4v) is 2.45. The smallest absolute Gasteiger partial charge is 0.422 e. The second kappa shape index (κ2) is 7.16. The molecule has 1 amide bonds. The van der Waals surface area contributed by atoms with E-state index < -0.39 is 16.3 Å². The van der Waals surface area contributed by atoms with Crippen molar-refractivity contribution in [3.05, 3.63) is 0 Å². The molecule has 108 valence electrons. The van der Waals surface area contributed by atoms with Gasteiger partial charge >= 0.3 is 16.3 Å². The summed E-state index contributed by atoms with van der Waals surface area (Å²) in [6, 6.07) is 0. The molecule has 0 aliphatic rings. The van der Waals surface area contributed by atoms with Gasteiger partial charge in [0.1, 0.15) is 0 Å². The van der Waals surface area contributed by atoms with E-state index in [9.17, 15) is 13.2 Å². The number of alkyl halides is 1. The first-order chi connectivity index (χ1) is 8.08. The number of ether oxygens (including phenoxy) is 1. The number of halogens is 1. The standard InChI is InChI=1S/C10H21ClN2O4S/c1-8(2)17-9(14)13-18(15,16)12-7-10(3,4)5-6-11/h8,12H,5-7H2,1-4H3,(H,13,14). The van der Waals surface area contributed by atoms with Crippen LogP contribution >= 0.6 is 11.6 Å². The Labute approximate surface area is 114 Å². The van der Waals surface area contributed by atoms with Gasteiger partial charge in [0.15, 0.2) is 0 Å². The lowest BCUT2D eigenvalue weighted by molar-refractivity contribution is 0.121. The van der Waals surface area contributed by atoms with Gasteiger partial charge in [-0.25, -0.2) is 9.52 Å². The Morgan fingerprint density at radius 1 is 1.39 bits per heavy atom. The van der Waals surface area contributed by atoms with Crippen molar-refractivity contribution in [2.24, 2.45) is 5.41 Å². The van der Waals surface area contributed by atoms with Crippen molar-refractivity contribution in [3.63, 3.8) is 0 Å². The topological polar surface area (TPSA) is 84.5 Å². The van der Waals surface area contributed by atoms with E-state index in [4.69, 9.17) is 11.6 Å². The molecule has 0 atom stereocenters. The molecule has 0 fully saturated rings. The van der Waals surface area contributed by atoms with Crippen LogP contribution in [-0.2, 0) is 14.9 Å². The van der Waals surface area contributed by atoms with Crippen molar-refractivity contribution in [2.75, 3.05) is 12.4 Å². The maximum Gasteiger partial charge on any atom is 0.422 e. The number of carbonyl (C=O) groups excluding carboxylic acids is 1. The Morgan fingerprint density at radius 3 is 2.39 bits per heavy atom. The summed E-state index contributed by atoms with van der Waals surface area (Å²) in [7, 11) is -3.90. The van der Waals surface area contributed by atoms with Gasteiger partial charge in [0.05, 0.1) is 6.10 Å². The van der Waals surface area contributed by atoms with Crippen molar-refractivity contribution in [1.29, 1.82) is 0 Å². The molecule has 6 nitrogen and oxygen atoms in total. The molecule has 8 heteroatoms. The third kappa shape index (κ3) is 8.54. The second-order valence-electron chi connectivity index (χ2n) is 4.98. The van der Waals surface area contributed by atoms with Crippen LogP contribution < -0.4 is 9.44 Å². The molecule has 0 radical (unpaired) electrons. The highest BCUT2D eigenvalue weighted by Gasteiger charge is 2.22. The van der Waals surface area contributed by atoms with Gasteiger partial charge in [0.25, 0.3) is 0 Å². The summed E-state index contributed by atoms with van der Waals surface area (Å²) < 4.78 is 31.8. The lowest BCUT2D eigenvalue weighted by Gasteiger charge is -2.23. The van der Waals surface area contributed by atoms with Gasteiger partial charge in [-0.3, -0.25) is 0 Å². The maximum atomic E-state index is 11.5. The Morgan fingerprint density at radius 2 is 1.94 bits per heavy atom. The quantitative estimate of drug-likeness (QED) is 0.700. The van der Waals surface area contributed by atoms with Crippen LogP contribution in [0.2, 0.25) is 0 Å². The lowest BCUT2D eigenvalue weighted by Crippen LogP contribution is -2.44. The molecular weight excluding hydrogens is 280 g/mol. The van der Waals surface area contributed by atoms with Crippen LogP contribution in [0.15, 0.2) is 0 Å². The summed E-state index contributed by atoms with van der Waals surface area (Å²) in [5, 5.41) is 0. The molecule has 0 aliphatic heterocycles. The molecule has 0 aromatic rings. The first-order valence-electron chi connectivity index (χ1n) is 5.62. The first kappa shape index (κ1) is 17.5. The Balaban J connectivity index is 4.28. The molecule has 0 saturated carbocycles. The van der Waals surface area contributed by atoms with E-state index in [1.807, 2.05) is 13.8 Å². The minimum absolute atomic E-state index is 0.185. The van der Waals surface area contributed by atoms with Crippen LogP contribution in [-0.4, -0.2) is 33.0 Å². The number of carbonyl (C=O) groups is 1. The number of hydrogen-bond donors (Lipinski definition) is 2. The van der Waals surface area contributed by atoms with Gasteiger partial charge in [-0.2, -0.15) is 13.1 Å². The molecule has 0 aromatic carbocycles. The predicted octanol–water partition coefficient (Wildman–Crippen LogP) is 1.61. The zero-order valence-electron chi connectivity index (χ0n) is 11.1. The zero-order chi connectivity index (χ0) is 14.4. The fraction of sp³-hybridized carbons (Fsp3) is 0.900. The molecule has 18 heavy (non-hydrogen) atoms. The largest absolute Gasteiger partial charge is 0.446 e. The lowest BCUT2D eigenvalue weighted by atomic mass is 9.91. The molecule has 0 saturated heterocycles. The Kier molecular flexibility index (Phi) is 6.94. The van der Waals surface area contributed by atoms with Crippen molar-refractivity contribution >= 4 is 27.9 Å². The molecule has 0 heterocycles. The minimum atomic E-state index is -3.90. The van der Waals surface area contributed by atoms with Gasteiger partial charge in [-0.05, 0) is 25.7 Å². The van der Waals surface area contributed by atoms with E-state index in [1.165, 1.54) is 0 Å². The highest BCUT2D eigenvalue weighted by Crippen LogP contribution is 2.19. The third-order valence-corrected chi connectivity index (χ3v) is 3.22. The molecule has 0 unspecified atom stereocenters. The summed E-state index contributed by atoms with van der Waals surface area (Å²) in [5.41, 5.74) is -0.279. The Bertz CT molecular complexity index is 368. The maximum absolute atomic E-state index is 11.5. The van der Waals surface area contributed by atoms with Gasteiger partial charge in [-0.15, -0.1) is 11.6 Å². The van der Waals surface area contributed by atoms with E-state index >= 15 is 0 Å². The van der Waals surface area contributed by atoms with Crippen LogP contribution in [0.5, 0.6) is 0 Å². The summed E-state index contributed by atoms with van der Waals surface area (Å²) in [5.74, 6) is 0.442. The Hall–Kier alpha value is -0.530. The third-order valence-electron chi connectivity index (χ3n) is 2.07. The normalized spacial score (nSPS) is 12.6. The van der Waals surface area contributed by atoms with Crippen LogP contribution in [0.1, 0.15) is 34.1 Å². The van der Waals surface area contributed by atoms with Crippen molar-refractivity contribution < 1.29 is 17.9 Å². The summed E-state index contributed by atoms with van der Waals surface area (Å²) in [4.78, 5) is 11.1. The van der Waals surface area contributed by atoms with E-state index in [-0.39, 0.29) is 18.1 Å². The number of nitrogens with one attached hydrogen (secondary N) is 2. The van der Waals surface area contributed by atoms with Crippen LogP contribution in [0, 0.1) is 5.41 Å². The zero-order valence-corrected chi connectivity index (χ0v) is 12.7. The van der Waals surface area contributed by atoms with Crippen LogP contribution in [0.4, 0.5) is 4.79 Å². The van der Waals surface area contributed by atoms with E-state index in [0.717, 1.165) is 0 Å². The molecule has 0 bridgehead atoms. The molecular formula is C10H21ClN2O4S. The van der Waals surface area contributed by atoms with Crippen molar-refractivity contribution in [1.82, 2.24) is 9.44 Å². The number of hydrogen-bond acceptors (Lipinski definition) is 4. The number of amides is 1. The SMILES string of the molecule is CC(C)OC(=O)NS(=O)(=O)NCC(C)(C)CCCl. The van der Waals surface area contributed by atoms with E-state index in [1.54, 1.807) is 18.6 Å². The first-order valence-corrected chi connectivity index (χ1v) is 7.64. The van der Waals surface area contributed by atoms with Crippen molar-refractivity contribution in [3.8, 4) is 0 Å². The molecule has 0 aliphatic carbocycles.